The number of hydrogen-bond acceptors (Lipinski definition) is 4. The molecule has 2 rings (SSSR count). The minimum atomic E-state index is -0.418. The number of nitrogens with zero attached hydrogens (tertiary/aromatic N) is 2. The average molecular weight is 256 g/mol. The average Bonchev–Trinajstić information content (AvgIpc) is 2.37. The fraction of sp³-hybridized carbons (Fsp3) is 0.214. The van der Waals surface area contributed by atoms with Crippen LogP contribution in [0.5, 0.6) is 0 Å². The van der Waals surface area contributed by atoms with Crippen molar-refractivity contribution in [3.8, 4) is 0 Å². The molecular formula is C14H16N4O. The van der Waals surface area contributed by atoms with Crippen molar-refractivity contribution in [2.24, 2.45) is 5.73 Å². The van der Waals surface area contributed by atoms with Gasteiger partial charge in [0.25, 0.3) is 0 Å². The van der Waals surface area contributed by atoms with Crippen LogP contribution in [0.15, 0.2) is 30.5 Å². The lowest BCUT2D eigenvalue weighted by Crippen LogP contribution is -2.14. The number of benzene rings is 1. The van der Waals surface area contributed by atoms with Crippen molar-refractivity contribution in [3.05, 3.63) is 53.1 Å². The van der Waals surface area contributed by atoms with E-state index < -0.39 is 5.91 Å². The van der Waals surface area contributed by atoms with E-state index in [0.717, 1.165) is 22.8 Å². The Hall–Kier alpha value is -2.43. The van der Waals surface area contributed by atoms with Crippen LogP contribution >= 0.6 is 0 Å². The second kappa shape index (κ2) is 5.48. The summed E-state index contributed by atoms with van der Waals surface area (Å²) in [5.74, 6) is 0.320. The summed E-state index contributed by atoms with van der Waals surface area (Å²) in [6.45, 7) is 4.29. The van der Waals surface area contributed by atoms with Crippen LogP contribution in [0.3, 0.4) is 0 Å². The summed E-state index contributed by atoms with van der Waals surface area (Å²) in [6, 6.07) is 7.29. The Morgan fingerprint density at radius 2 is 2.11 bits per heavy atom. The summed E-state index contributed by atoms with van der Waals surface area (Å²) in [6.07, 6.45) is 1.73. The lowest BCUT2D eigenvalue weighted by atomic mass is 10.1. The minimum absolute atomic E-state index is 0.418. The largest absolute Gasteiger partial charge is 0.379 e. The predicted octanol–water partition coefficient (Wildman–Crippen LogP) is 1.80. The smallest absolute Gasteiger partial charge is 0.249 e. The molecule has 1 heterocycles. The number of amides is 1. The maximum Gasteiger partial charge on any atom is 0.249 e. The van der Waals surface area contributed by atoms with E-state index in [1.165, 1.54) is 0 Å². The Labute approximate surface area is 111 Å². The molecule has 0 unspecified atom stereocenters. The van der Waals surface area contributed by atoms with Crippen LogP contribution in [0.2, 0.25) is 0 Å². The maximum absolute atomic E-state index is 11.3. The molecule has 0 aliphatic carbocycles. The van der Waals surface area contributed by atoms with Crippen molar-refractivity contribution in [3.63, 3.8) is 0 Å². The Morgan fingerprint density at radius 1 is 1.32 bits per heavy atom. The number of aryl methyl sites for hydroxylation is 1. The van der Waals surface area contributed by atoms with Crippen LogP contribution in [-0.4, -0.2) is 15.9 Å². The van der Waals surface area contributed by atoms with Crippen molar-refractivity contribution in [2.45, 2.75) is 20.4 Å². The molecule has 5 heteroatoms. The van der Waals surface area contributed by atoms with Crippen molar-refractivity contribution in [1.82, 2.24) is 9.97 Å². The molecule has 2 aromatic rings. The molecule has 0 aliphatic heterocycles. The second-order valence-electron chi connectivity index (χ2n) is 4.29. The quantitative estimate of drug-likeness (QED) is 0.874. The van der Waals surface area contributed by atoms with Gasteiger partial charge in [0.05, 0.1) is 12.2 Å². The second-order valence-corrected chi connectivity index (χ2v) is 4.29. The van der Waals surface area contributed by atoms with Crippen LogP contribution in [0.1, 0.15) is 27.4 Å². The predicted molar refractivity (Wildman–Crippen MR) is 73.8 cm³/mol. The van der Waals surface area contributed by atoms with Crippen molar-refractivity contribution < 1.29 is 4.79 Å². The van der Waals surface area contributed by atoms with Gasteiger partial charge in [-0.15, -0.1) is 0 Å². The third-order valence-corrected chi connectivity index (χ3v) is 2.89. The van der Waals surface area contributed by atoms with E-state index in [0.29, 0.717) is 12.1 Å². The first-order chi connectivity index (χ1) is 9.08. The van der Waals surface area contributed by atoms with E-state index in [4.69, 9.17) is 5.73 Å². The number of carbonyl (C=O) groups excluding carboxylic acids is 1. The number of hydrogen-bond donors (Lipinski definition) is 2. The highest BCUT2D eigenvalue weighted by Crippen LogP contribution is 2.19. The first-order valence-electron chi connectivity index (χ1n) is 5.99. The van der Waals surface area contributed by atoms with Gasteiger partial charge in [0, 0.05) is 17.4 Å². The van der Waals surface area contributed by atoms with Gasteiger partial charge >= 0.3 is 0 Å². The number of anilines is 1. The number of nitrogens with two attached hydrogens (primary N) is 1. The monoisotopic (exact) mass is 256 g/mol. The highest BCUT2D eigenvalue weighted by atomic mass is 16.1. The van der Waals surface area contributed by atoms with E-state index in [-0.39, 0.29) is 0 Å². The van der Waals surface area contributed by atoms with Gasteiger partial charge in [-0.2, -0.15) is 0 Å². The Kier molecular flexibility index (Phi) is 3.75. The molecule has 1 aromatic heterocycles. The van der Waals surface area contributed by atoms with Crippen LogP contribution in [0, 0.1) is 13.8 Å². The minimum Gasteiger partial charge on any atom is -0.379 e. The summed E-state index contributed by atoms with van der Waals surface area (Å²) in [5.41, 5.74) is 8.48. The molecule has 0 radical (unpaired) electrons. The van der Waals surface area contributed by atoms with Gasteiger partial charge in [0.2, 0.25) is 5.91 Å². The number of primary amides is 1. The van der Waals surface area contributed by atoms with E-state index >= 15 is 0 Å². The van der Waals surface area contributed by atoms with Crippen LogP contribution in [0.25, 0.3) is 0 Å². The molecule has 0 atom stereocenters. The highest BCUT2D eigenvalue weighted by molar-refractivity contribution is 5.95. The topological polar surface area (TPSA) is 80.9 Å². The SMILES string of the molecule is Cc1nccc(CNc2cccc(C(N)=O)c2C)n1. The van der Waals surface area contributed by atoms with Gasteiger partial charge in [-0.1, -0.05) is 6.07 Å². The molecule has 3 N–H and O–H groups in total. The zero-order chi connectivity index (χ0) is 13.8. The van der Waals surface area contributed by atoms with Crippen LogP contribution in [0.4, 0.5) is 5.69 Å². The number of nitrogens with one attached hydrogen (secondary N) is 1. The lowest BCUT2D eigenvalue weighted by molar-refractivity contribution is 0.1000. The third-order valence-electron chi connectivity index (χ3n) is 2.89. The normalized spacial score (nSPS) is 10.2. The van der Waals surface area contributed by atoms with Gasteiger partial charge in [-0.25, -0.2) is 9.97 Å². The molecule has 0 bridgehead atoms. The molecule has 0 saturated heterocycles. The summed E-state index contributed by atoms with van der Waals surface area (Å²) in [7, 11) is 0. The molecule has 98 valence electrons. The van der Waals surface area contributed by atoms with Crippen LogP contribution < -0.4 is 11.1 Å². The Bertz CT molecular complexity index is 610. The highest BCUT2D eigenvalue weighted by Gasteiger charge is 2.08. The van der Waals surface area contributed by atoms with E-state index in [1.54, 1.807) is 18.3 Å². The Balaban J connectivity index is 2.16. The van der Waals surface area contributed by atoms with Crippen molar-refractivity contribution >= 4 is 11.6 Å². The summed E-state index contributed by atoms with van der Waals surface area (Å²) in [5, 5.41) is 3.25. The zero-order valence-corrected chi connectivity index (χ0v) is 11.0. The fourth-order valence-electron chi connectivity index (χ4n) is 1.88. The van der Waals surface area contributed by atoms with Gasteiger partial charge in [-0.3, -0.25) is 4.79 Å². The molecule has 5 nitrogen and oxygen atoms in total. The fourth-order valence-corrected chi connectivity index (χ4v) is 1.88. The van der Waals surface area contributed by atoms with Crippen LogP contribution in [-0.2, 0) is 6.54 Å². The first-order valence-corrected chi connectivity index (χ1v) is 5.99. The number of carbonyl (C=O) groups is 1. The third kappa shape index (κ3) is 3.07. The van der Waals surface area contributed by atoms with Crippen molar-refractivity contribution in [2.75, 3.05) is 5.32 Å². The van der Waals surface area contributed by atoms with Crippen molar-refractivity contribution in [1.29, 1.82) is 0 Å². The Morgan fingerprint density at radius 3 is 2.79 bits per heavy atom. The van der Waals surface area contributed by atoms with Gasteiger partial charge < -0.3 is 11.1 Å². The molecule has 0 saturated carbocycles. The standard InChI is InChI=1S/C14H16N4O/c1-9-12(14(15)19)4-3-5-13(9)17-8-11-6-7-16-10(2)18-11/h3-7,17H,8H2,1-2H3,(H2,15,19). The summed E-state index contributed by atoms with van der Waals surface area (Å²) in [4.78, 5) is 19.6. The van der Waals surface area contributed by atoms with E-state index in [1.807, 2.05) is 26.0 Å². The maximum atomic E-state index is 11.3. The number of aromatic nitrogens is 2. The van der Waals surface area contributed by atoms with Gasteiger partial charge in [-0.05, 0) is 37.6 Å². The lowest BCUT2D eigenvalue weighted by Gasteiger charge is -2.11. The molecule has 0 spiro atoms. The molecule has 0 aliphatic rings. The molecule has 19 heavy (non-hydrogen) atoms. The molecular weight excluding hydrogens is 240 g/mol. The zero-order valence-electron chi connectivity index (χ0n) is 11.0. The molecule has 1 aromatic carbocycles. The summed E-state index contributed by atoms with van der Waals surface area (Å²) < 4.78 is 0. The van der Waals surface area contributed by atoms with E-state index in [2.05, 4.69) is 15.3 Å². The molecule has 0 fully saturated rings. The van der Waals surface area contributed by atoms with Gasteiger partial charge in [0.1, 0.15) is 5.82 Å². The van der Waals surface area contributed by atoms with Gasteiger partial charge in [0.15, 0.2) is 0 Å². The summed E-state index contributed by atoms with van der Waals surface area (Å²) >= 11 is 0. The number of rotatable bonds is 4. The van der Waals surface area contributed by atoms with E-state index in [9.17, 15) is 4.79 Å². The molecule has 1 amide bonds. The first kappa shape index (κ1) is 13.0.